The normalized spacial score (nSPS) is 32.0. The minimum Gasteiger partial charge on any atom is -0.375 e. The Balaban J connectivity index is 1.83. The molecule has 2 unspecified atom stereocenters. The number of amides is 1. The van der Waals surface area contributed by atoms with E-state index in [1.54, 1.807) is 0 Å². The minimum absolute atomic E-state index is 0.0873. The van der Waals surface area contributed by atoms with Gasteiger partial charge in [-0.25, -0.2) is 0 Å². The first kappa shape index (κ1) is 26.9. The molecule has 11 nitrogen and oxygen atoms in total. The summed E-state index contributed by atoms with van der Waals surface area (Å²) in [5.74, 6) is -13.4. The second-order valence-electron chi connectivity index (χ2n) is 9.56. The lowest BCUT2D eigenvalue weighted by Crippen LogP contribution is -2.74. The smallest absolute Gasteiger partial charge is 0.375 e. The number of carbonyl (C=O) groups is 5. The van der Waals surface area contributed by atoms with Gasteiger partial charge in [0, 0.05) is 5.92 Å². The zero-order valence-electron chi connectivity index (χ0n) is 19.3. The van der Waals surface area contributed by atoms with E-state index in [0.717, 1.165) is 6.07 Å². The third-order valence-corrected chi connectivity index (χ3v) is 8.23. The molecule has 0 bridgehead atoms. The molecule has 0 aliphatic heterocycles. The van der Waals surface area contributed by atoms with Gasteiger partial charge in [0.2, 0.25) is 5.91 Å². The molecule has 1 aromatic rings. The molecule has 3 aliphatic carbocycles. The number of benzene rings is 1. The lowest BCUT2D eigenvalue weighted by Gasteiger charge is -2.52. The van der Waals surface area contributed by atoms with E-state index in [1.165, 1.54) is 31.1 Å². The number of nitrogens with zero attached hydrogens (tertiary/aromatic N) is 1. The highest BCUT2D eigenvalue weighted by molar-refractivity contribution is 7.88. The molecule has 3 aliphatic rings. The molecule has 2 saturated carbocycles. The van der Waals surface area contributed by atoms with E-state index in [1.807, 2.05) is 0 Å². The minimum atomic E-state index is -6.17. The van der Waals surface area contributed by atoms with Gasteiger partial charge in [-0.15, -0.1) is 0 Å². The average molecular weight is 546 g/mol. The van der Waals surface area contributed by atoms with Crippen molar-refractivity contribution in [2.24, 2.45) is 29.4 Å². The Morgan fingerprint density at radius 3 is 2.32 bits per heavy atom. The van der Waals surface area contributed by atoms with E-state index in [9.17, 15) is 50.7 Å². The maximum absolute atomic E-state index is 13.6. The molecule has 0 spiro atoms. The van der Waals surface area contributed by atoms with Crippen LogP contribution < -0.4 is 9.92 Å². The van der Waals surface area contributed by atoms with Gasteiger partial charge < -0.3 is 15.0 Å². The number of likely N-dealkylation sites (N-methyl/N-ethyl adjacent to an activating group) is 1. The quantitative estimate of drug-likeness (QED) is 0.281. The Hall–Kier alpha value is -3.17. The summed E-state index contributed by atoms with van der Waals surface area (Å²) in [5, 5.41) is 11.4. The van der Waals surface area contributed by atoms with Crippen LogP contribution in [0.25, 0.3) is 0 Å². The van der Waals surface area contributed by atoms with Crippen molar-refractivity contribution in [3.05, 3.63) is 29.3 Å². The Kier molecular flexibility index (Phi) is 6.12. The number of ketones is 4. The molecule has 0 aromatic heterocycles. The molecule has 0 radical (unpaired) electrons. The molecule has 1 amide bonds. The number of aliphatic hydroxyl groups is 1. The summed E-state index contributed by atoms with van der Waals surface area (Å²) in [6.45, 7) is 0. The number of nitrogens with two attached hydrogens (primary N) is 1. The molecular weight excluding hydrogens is 525 g/mol. The van der Waals surface area contributed by atoms with Crippen molar-refractivity contribution in [3.8, 4) is 5.75 Å². The summed E-state index contributed by atoms with van der Waals surface area (Å²) in [6, 6.07) is 2.03. The summed E-state index contributed by atoms with van der Waals surface area (Å²) in [4.78, 5) is 66.5. The van der Waals surface area contributed by atoms with Crippen LogP contribution in [0.3, 0.4) is 0 Å². The first-order chi connectivity index (χ1) is 16.9. The molecule has 200 valence electrons. The summed E-state index contributed by atoms with van der Waals surface area (Å²) in [6.07, 6.45) is -0.342. The SMILES string of the molecule is CN(C)[C@@H]1C(=O)C(C(N)=O)C(=O)[C@@]2(O)C(=O)C3C(=O)c4c(cccc4OS(=O)(=O)C(F)(F)F)C[C@H]3C[C@@H]12. The van der Waals surface area contributed by atoms with Gasteiger partial charge in [0.05, 0.1) is 17.5 Å². The molecule has 1 aromatic carbocycles. The number of Topliss-reactive ketones (excluding diaryl/α,β-unsaturated/α-hetero) is 4. The van der Waals surface area contributed by atoms with Gasteiger partial charge in [-0.2, -0.15) is 21.6 Å². The maximum atomic E-state index is 13.6. The van der Waals surface area contributed by atoms with Crippen molar-refractivity contribution in [2.75, 3.05) is 14.1 Å². The average Bonchev–Trinajstić information content (AvgIpc) is 2.75. The zero-order valence-corrected chi connectivity index (χ0v) is 20.1. The largest absolute Gasteiger partial charge is 0.534 e. The molecule has 37 heavy (non-hydrogen) atoms. The van der Waals surface area contributed by atoms with Crippen LogP contribution in [0.2, 0.25) is 0 Å². The number of hydrogen-bond donors (Lipinski definition) is 2. The first-order valence-corrected chi connectivity index (χ1v) is 12.3. The van der Waals surface area contributed by atoms with Crippen LogP contribution in [0, 0.1) is 23.7 Å². The monoisotopic (exact) mass is 546 g/mol. The van der Waals surface area contributed by atoms with Crippen LogP contribution in [-0.4, -0.2) is 78.7 Å². The number of hydrogen-bond acceptors (Lipinski definition) is 10. The van der Waals surface area contributed by atoms with Crippen LogP contribution in [0.15, 0.2) is 18.2 Å². The fraction of sp³-hybridized carbons (Fsp3) is 0.500. The van der Waals surface area contributed by atoms with Gasteiger partial charge in [0.25, 0.3) is 0 Å². The number of carbonyl (C=O) groups excluding carboxylic acids is 5. The summed E-state index contributed by atoms with van der Waals surface area (Å²) < 4.78 is 66.1. The third kappa shape index (κ3) is 3.78. The van der Waals surface area contributed by atoms with Crippen LogP contribution >= 0.6 is 0 Å². The lowest BCUT2D eigenvalue weighted by atomic mass is 9.52. The molecule has 6 atom stereocenters. The first-order valence-electron chi connectivity index (χ1n) is 10.9. The van der Waals surface area contributed by atoms with E-state index < -0.39 is 91.3 Å². The zero-order chi connectivity index (χ0) is 27.8. The molecule has 3 N–H and O–H groups in total. The standard InChI is InChI=1S/C22H21F3N2O9S/c1-27(2)15-10-7-9-6-8-4-3-5-11(36-37(34,35)22(23,24)25)12(8)16(28)13(9)18(30)21(10,33)19(31)14(17(15)29)20(26)32/h3-5,9-10,13-15,33H,6-7H2,1-2H3,(H2,26,32)/t9-,10-,13?,14?,15-,21-/m0/s1. The maximum Gasteiger partial charge on any atom is 0.534 e. The van der Waals surface area contributed by atoms with Crippen molar-refractivity contribution >= 4 is 39.2 Å². The van der Waals surface area contributed by atoms with E-state index in [-0.39, 0.29) is 18.4 Å². The second-order valence-corrected chi connectivity index (χ2v) is 11.1. The van der Waals surface area contributed by atoms with Gasteiger partial charge in [-0.1, -0.05) is 12.1 Å². The predicted molar refractivity (Wildman–Crippen MR) is 115 cm³/mol. The fourth-order valence-electron chi connectivity index (χ4n) is 5.76. The highest BCUT2D eigenvalue weighted by Gasteiger charge is 2.69. The van der Waals surface area contributed by atoms with Crippen LogP contribution in [-0.2, 0) is 35.7 Å². The Morgan fingerprint density at radius 1 is 1.16 bits per heavy atom. The van der Waals surface area contributed by atoms with Gasteiger partial charge in [-0.3, -0.25) is 28.9 Å². The molecule has 0 heterocycles. The van der Waals surface area contributed by atoms with Gasteiger partial charge in [0.1, 0.15) is 0 Å². The Labute approximate surface area is 207 Å². The van der Waals surface area contributed by atoms with Gasteiger partial charge in [-0.05, 0) is 44.5 Å². The topological polar surface area (TPSA) is 178 Å². The summed E-state index contributed by atoms with van der Waals surface area (Å²) in [7, 11) is -3.31. The Morgan fingerprint density at radius 2 is 1.78 bits per heavy atom. The van der Waals surface area contributed by atoms with Crippen LogP contribution in [0.5, 0.6) is 5.75 Å². The van der Waals surface area contributed by atoms with Gasteiger partial charge in [0.15, 0.2) is 40.4 Å². The second kappa shape index (κ2) is 8.43. The van der Waals surface area contributed by atoms with E-state index in [2.05, 4.69) is 4.18 Å². The van der Waals surface area contributed by atoms with Crippen molar-refractivity contribution in [1.82, 2.24) is 4.90 Å². The molecule has 0 saturated heterocycles. The number of rotatable bonds is 4. The molecule has 15 heteroatoms. The third-order valence-electron chi connectivity index (χ3n) is 7.27. The van der Waals surface area contributed by atoms with Crippen LogP contribution in [0.1, 0.15) is 22.3 Å². The fourth-order valence-corrected chi connectivity index (χ4v) is 6.23. The summed E-state index contributed by atoms with van der Waals surface area (Å²) in [5.41, 5.74) is -4.07. The summed E-state index contributed by atoms with van der Waals surface area (Å²) >= 11 is 0. The Bertz CT molecular complexity index is 1360. The van der Waals surface area contributed by atoms with E-state index in [4.69, 9.17) is 5.73 Å². The van der Waals surface area contributed by atoms with Crippen LogP contribution in [0.4, 0.5) is 13.2 Å². The number of fused-ring (bicyclic) bond motifs is 3. The highest BCUT2D eigenvalue weighted by Crippen LogP contribution is 2.50. The van der Waals surface area contributed by atoms with Crippen molar-refractivity contribution in [3.63, 3.8) is 0 Å². The van der Waals surface area contributed by atoms with Crippen molar-refractivity contribution < 1.29 is 54.9 Å². The predicted octanol–water partition coefficient (Wildman–Crippen LogP) is -0.610. The van der Waals surface area contributed by atoms with E-state index in [0.29, 0.717) is 0 Å². The van der Waals surface area contributed by atoms with Gasteiger partial charge >= 0.3 is 15.6 Å². The number of primary amides is 1. The van der Waals surface area contributed by atoms with E-state index >= 15 is 0 Å². The number of alkyl halides is 3. The molecular formula is C22H21F3N2O9S. The lowest BCUT2D eigenvalue weighted by molar-refractivity contribution is -0.181. The molecule has 2 fully saturated rings. The highest BCUT2D eigenvalue weighted by atomic mass is 32.2. The number of halogens is 3. The van der Waals surface area contributed by atoms with Crippen molar-refractivity contribution in [2.45, 2.75) is 30.0 Å². The molecule has 4 rings (SSSR count). The van der Waals surface area contributed by atoms with Crippen molar-refractivity contribution in [1.29, 1.82) is 0 Å².